The van der Waals surface area contributed by atoms with E-state index >= 15 is 0 Å². The van der Waals surface area contributed by atoms with Crippen LogP contribution in [-0.4, -0.2) is 50.8 Å². The molecule has 226 valence electrons. The summed E-state index contributed by atoms with van der Waals surface area (Å²) in [5.41, 5.74) is 8.40. The summed E-state index contributed by atoms with van der Waals surface area (Å²) < 4.78 is 34.6. The van der Waals surface area contributed by atoms with Gasteiger partial charge in [0.15, 0.2) is 5.82 Å². The number of nitrogens with two attached hydrogens (primary N) is 1. The summed E-state index contributed by atoms with van der Waals surface area (Å²) in [6, 6.07) is 8.61. The predicted molar refractivity (Wildman–Crippen MR) is 154 cm³/mol. The fraction of sp³-hybridized carbons (Fsp3) is 0.231. The molecule has 15 nitrogen and oxygen atoms in total. The number of carbonyl (C=O) groups is 2. The first-order valence-electron chi connectivity index (χ1n) is 13.0. The maximum absolute atomic E-state index is 12.2. The highest BCUT2D eigenvalue weighted by atomic mass is 31.2. The van der Waals surface area contributed by atoms with Crippen molar-refractivity contribution in [2.75, 3.05) is 5.73 Å². The number of nitrogens with zero attached hydrogens (tertiary/aromatic N) is 4. The highest BCUT2D eigenvalue weighted by Crippen LogP contribution is 2.43. The molecule has 0 atom stereocenters. The molecule has 6 N–H and O–H groups in total. The van der Waals surface area contributed by atoms with Gasteiger partial charge in [-0.25, -0.2) is 19.1 Å². The maximum atomic E-state index is 12.2. The van der Waals surface area contributed by atoms with Crippen LogP contribution in [0, 0.1) is 0 Å². The minimum Gasteiger partial charge on any atom is -0.404 e. The normalized spacial score (nSPS) is 13.9. The van der Waals surface area contributed by atoms with Crippen molar-refractivity contribution in [3.05, 3.63) is 65.5 Å². The largest absolute Gasteiger partial charge is 0.524 e. The number of nitrogen functional groups attached to an aromatic ring is 1. The first-order chi connectivity index (χ1) is 20.2. The lowest BCUT2D eigenvalue weighted by Gasteiger charge is -2.17. The van der Waals surface area contributed by atoms with E-state index in [9.17, 15) is 38.3 Å². The minimum absolute atomic E-state index is 0.00530. The van der Waals surface area contributed by atoms with Crippen LogP contribution in [0.1, 0.15) is 36.7 Å². The van der Waals surface area contributed by atoms with Gasteiger partial charge in [-0.2, -0.15) is 0 Å². The van der Waals surface area contributed by atoms with Crippen molar-refractivity contribution in [1.82, 2.24) is 19.4 Å². The summed E-state index contributed by atoms with van der Waals surface area (Å²) in [4.78, 5) is 72.3. The second-order valence-corrected chi connectivity index (χ2v) is 12.1. The number of rotatable bonds is 11. The number of phosphoric acid groups is 2. The highest BCUT2D eigenvalue weighted by molar-refractivity contribution is 7.47. The Morgan fingerprint density at radius 1 is 0.907 bits per heavy atom. The number of amides is 2. The number of fused-ring (bicyclic) bond motifs is 3. The number of pyridine rings is 1. The average molecular weight is 631 g/mol. The first kappa shape index (κ1) is 30.4. The molecule has 17 heteroatoms. The summed E-state index contributed by atoms with van der Waals surface area (Å²) in [5.74, 6) is -0.699. The lowest BCUT2D eigenvalue weighted by Crippen LogP contribution is -2.29. The number of imide groups is 1. The maximum Gasteiger partial charge on any atom is 0.524 e. The Morgan fingerprint density at radius 2 is 1.60 bits per heavy atom. The number of benzene rings is 2. The molecule has 2 amide bonds. The van der Waals surface area contributed by atoms with Crippen molar-refractivity contribution in [3.63, 3.8) is 0 Å². The summed E-state index contributed by atoms with van der Waals surface area (Å²) in [7, 11) is -9.99. The summed E-state index contributed by atoms with van der Waals surface area (Å²) >= 11 is 0. The average Bonchev–Trinajstić information content (AvgIpc) is 3.43. The molecule has 0 saturated carbocycles. The van der Waals surface area contributed by atoms with Crippen molar-refractivity contribution >= 4 is 55.2 Å². The predicted octanol–water partition coefficient (Wildman–Crippen LogP) is 2.93. The lowest BCUT2D eigenvalue weighted by atomic mass is 10.1. The van der Waals surface area contributed by atoms with Crippen LogP contribution in [0.25, 0.3) is 21.9 Å². The van der Waals surface area contributed by atoms with E-state index in [-0.39, 0.29) is 36.0 Å². The number of imidazole rings is 1. The smallest absolute Gasteiger partial charge is 0.404 e. The summed E-state index contributed by atoms with van der Waals surface area (Å²) in [6.07, 6.45) is 4.44. The van der Waals surface area contributed by atoms with E-state index in [2.05, 4.69) is 4.98 Å². The van der Waals surface area contributed by atoms with Gasteiger partial charge in [0, 0.05) is 29.5 Å². The molecule has 0 saturated heterocycles. The number of phosphoric ester groups is 2. The summed E-state index contributed by atoms with van der Waals surface area (Å²) in [5, 5.41) is 0.573. The van der Waals surface area contributed by atoms with E-state index < -0.39 is 27.5 Å². The van der Waals surface area contributed by atoms with Crippen LogP contribution in [0.15, 0.2) is 48.6 Å². The molecule has 0 fully saturated rings. The number of unbranched alkanes of at least 4 members (excludes halogenated alkanes) is 1. The fourth-order valence-electron chi connectivity index (χ4n) is 4.83. The molecule has 0 bridgehead atoms. The van der Waals surface area contributed by atoms with Gasteiger partial charge in [0.05, 0.1) is 24.1 Å². The zero-order valence-corrected chi connectivity index (χ0v) is 24.4. The third kappa shape index (κ3) is 6.78. The number of aromatic nitrogens is 3. The van der Waals surface area contributed by atoms with Crippen LogP contribution in [0.5, 0.6) is 11.5 Å². The van der Waals surface area contributed by atoms with Gasteiger partial charge in [-0.1, -0.05) is 19.4 Å². The Labute approximate surface area is 244 Å². The Bertz CT molecular complexity index is 1880. The fourth-order valence-corrected chi connectivity index (χ4v) is 5.65. The molecule has 0 unspecified atom stereocenters. The molecule has 3 heterocycles. The molecular weight excluding hydrogens is 604 g/mol. The van der Waals surface area contributed by atoms with Crippen molar-refractivity contribution in [1.29, 1.82) is 0 Å². The van der Waals surface area contributed by atoms with Crippen LogP contribution < -0.4 is 14.8 Å². The number of aryl methyl sites for hydroxylation is 1. The van der Waals surface area contributed by atoms with Gasteiger partial charge < -0.3 is 19.3 Å². The molecule has 0 aliphatic carbocycles. The van der Waals surface area contributed by atoms with Gasteiger partial charge in [0.1, 0.15) is 22.8 Å². The first-order valence-corrected chi connectivity index (χ1v) is 16.0. The lowest BCUT2D eigenvalue weighted by molar-refractivity contribution is -0.137. The molecule has 1 aliphatic rings. The van der Waals surface area contributed by atoms with Gasteiger partial charge in [0.25, 0.3) is 11.8 Å². The second kappa shape index (κ2) is 11.5. The van der Waals surface area contributed by atoms with Crippen LogP contribution in [0.3, 0.4) is 0 Å². The molecule has 0 radical (unpaired) electrons. The molecule has 5 rings (SSSR count). The highest BCUT2D eigenvalue weighted by Gasteiger charge is 2.26. The summed E-state index contributed by atoms with van der Waals surface area (Å²) in [6.45, 7) is 1.87. The van der Waals surface area contributed by atoms with Crippen LogP contribution >= 0.6 is 15.6 Å². The quantitative estimate of drug-likeness (QED) is 0.119. The van der Waals surface area contributed by atoms with E-state index in [4.69, 9.17) is 19.8 Å². The molecule has 2 aromatic carbocycles. The number of hydrogen-bond acceptors (Lipinski definition) is 9. The zero-order valence-electron chi connectivity index (χ0n) is 22.7. The Kier molecular flexibility index (Phi) is 8.14. The van der Waals surface area contributed by atoms with E-state index in [1.807, 2.05) is 6.92 Å². The third-order valence-corrected chi connectivity index (χ3v) is 7.53. The topological polar surface area (TPSA) is 228 Å². The Morgan fingerprint density at radius 3 is 2.26 bits per heavy atom. The molecule has 4 aromatic rings. The van der Waals surface area contributed by atoms with Crippen LogP contribution in [0.2, 0.25) is 0 Å². The van der Waals surface area contributed by atoms with Crippen molar-refractivity contribution < 1.29 is 47.3 Å². The standard InChI is InChI=1S/C26H27N5O10P2/c1-2-3-4-21-29-24-25(18-11-15(5-7-19(18)28-26(24)27)13-31-22(32)9-10-23(31)33)30(21)14-16-12-17(40-42(34,35)36)6-8-20(16)41-43(37,38)39/h5-12H,2-4,13-14H2,1H3,(H2,27,28)(H2,34,35,36)(H2,37,38,39). The van der Waals surface area contributed by atoms with Crippen molar-refractivity contribution in [2.45, 2.75) is 39.3 Å². The van der Waals surface area contributed by atoms with Gasteiger partial charge in [-0.3, -0.25) is 34.1 Å². The van der Waals surface area contributed by atoms with Gasteiger partial charge in [-0.05, 0) is 42.3 Å². The van der Waals surface area contributed by atoms with Gasteiger partial charge >= 0.3 is 15.6 Å². The zero-order chi connectivity index (χ0) is 31.1. The molecule has 1 aliphatic heterocycles. The Hall–Kier alpha value is -4.10. The van der Waals surface area contributed by atoms with Crippen molar-refractivity contribution in [2.24, 2.45) is 0 Å². The molecule has 0 spiro atoms. The van der Waals surface area contributed by atoms with E-state index in [0.29, 0.717) is 39.7 Å². The van der Waals surface area contributed by atoms with Crippen LogP contribution in [0.4, 0.5) is 5.82 Å². The molecule has 43 heavy (non-hydrogen) atoms. The monoisotopic (exact) mass is 631 g/mol. The molecule has 2 aromatic heterocycles. The van der Waals surface area contributed by atoms with Crippen molar-refractivity contribution in [3.8, 4) is 11.5 Å². The van der Waals surface area contributed by atoms with Crippen LogP contribution in [-0.2, 0) is 38.2 Å². The van der Waals surface area contributed by atoms with E-state index in [1.54, 1.807) is 22.8 Å². The van der Waals surface area contributed by atoms with E-state index in [1.165, 1.54) is 18.2 Å². The number of anilines is 1. The minimum atomic E-state index is -5.03. The van der Waals surface area contributed by atoms with Gasteiger partial charge in [-0.15, -0.1) is 0 Å². The SMILES string of the molecule is CCCCc1nc2c(N)nc3ccc(CN4C(=O)C=CC4=O)cc3c2n1Cc1cc(OP(=O)(O)O)ccc1OP(=O)(O)O. The van der Waals surface area contributed by atoms with E-state index in [0.717, 1.165) is 29.9 Å². The molecular formula is C26H27N5O10P2. The Balaban J connectivity index is 1.70. The number of hydrogen-bond donors (Lipinski definition) is 5. The number of carbonyl (C=O) groups excluding carboxylic acids is 2. The second-order valence-electron chi connectivity index (χ2n) is 9.79. The van der Waals surface area contributed by atoms with Gasteiger partial charge in [0.2, 0.25) is 0 Å². The third-order valence-electron chi connectivity index (χ3n) is 6.64.